The lowest BCUT2D eigenvalue weighted by atomic mass is 10.1. The van der Waals surface area contributed by atoms with Crippen LogP contribution in [0.3, 0.4) is 0 Å². The molecule has 1 aromatic heterocycles. The second-order valence-corrected chi connectivity index (χ2v) is 4.10. The van der Waals surface area contributed by atoms with Crippen molar-refractivity contribution in [3.05, 3.63) is 33.6 Å². The van der Waals surface area contributed by atoms with Crippen LogP contribution in [0.25, 0.3) is 0 Å². The van der Waals surface area contributed by atoms with Crippen LogP contribution in [0.15, 0.2) is 12.1 Å². The van der Waals surface area contributed by atoms with Crippen LogP contribution in [0.2, 0.25) is 0 Å². The van der Waals surface area contributed by atoms with Crippen molar-refractivity contribution >= 4 is 33.9 Å². The molecule has 0 saturated carbocycles. The average Bonchev–Trinajstić information content (AvgIpc) is 2.90. The van der Waals surface area contributed by atoms with Gasteiger partial charge in [-0.15, -0.1) is 0 Å². The summed E-state index contributed by atoms with van der Waals surface area (Å²) in [7, 11) is 0. The van der Waals surface area contributed by atoms with Crippen LogP contribution >= 0.6 is 11.5 Å². The van der Waals surface area contributed by atoms with Crippen molar-refractivity contribution in [2.75, 3.05) is 10.7 Å². The molecule has 0 fully saturated rings. The molecule has 0 spiro atoms. The van der Waals surface area contributed by atoms with E-state index >= 15 is 0 Å². The van der Waals surface area contributed by atoms with Crippen molar-refractivity contribution in [3.63, 3.8) is 0 Å². The molecular formula is C8H6FN7O3S. The van der Waals surface area contributed by atoms with Gasteiger partial charge in [-0.2, -0.15) is 0 Å². The first-order chi connectivity index (χ1) is 9.52. The van der Waals surface area contributed by atoms with Gasteiger partial charge in [0.2, 0.25) is 5.13 Å². The zero-order valence-corrected chi connectivity index (χ0v) is 10.3. The van der Waals surface area contributed by atoms with Crippen molar-refractivity contribution in [2.24, 2.45) is 5.84 Å². The normalized spacial score (nSPS) is 10.1. The molecule has 0 radical (unpaired) electrons. The first-order valence-corrected chi connectivity index (χ1v) is 5.71. The fourth-order valence-electron chi connectivity index (χ4n) is 1.35. The third-order valence-electron chi connectivity index (χ3n) is 2.20. The number of halogens is 1. The van der Waals surface area contributed by atoms with E-state index in [4.69, 9.17) is 5.84 Å². The summed E-state index contributed by atoms with van der Waals surface area (Å²) < 4.78 is 16.8. The Hall–Kier alpha value is -2.73. The molecule has 12 heteroatoms. The molecule has 1 heterocycles. The molecule has 2 rings (SSSR count). The third-order valence-corrected chi connectivity index (χ3v) is 2.71. The number of amides is 1. The minimum absolute atomic E-state index is 0.0517. The number of benzene rings is 1. The molecule has 2 aromatic rings. The predicted octanol–water partition coefficient (Wildman–Crippen LogP) is 0.518. The molecule has 0 aliphatic rings. The number of nitrogens with zero attached hydrogens (tertiary/aromatic N) is 4. The molecule has 104 valence electrons. The highest BCUT2D eigenvalue weighted by atomic mass is 32.1. The summed E-state index contributed by atoms with van der Waals surface area (Å²) in [6.07, 6.45) is 0. The van der Waals surface area contributed by atoms with E-state index in [2.05, 4.69) is 20.1 Å². The Bertz CT molecular complexity index is 662. The lowest BCUT2D eigenvalue weighted by molar-refractivity contribution is -0.385. The summed E-state index contributed by atoms with van der Waals surface area (Å²) >= 11 is 0.785. The molecule has 0 bridgehead atoms. The van der Waals surface area contributed by atoms with Crippen molar-refractivity contribution in [3.8, 4) is 0 Å². The number of nitro groups is 1. The van der Waals surface area contributed by atoms with E-state index in [0.29, 0.717) is 6.07 Å². The first kappa shape index (κ1) is 13.7. The lowest BCUT2D eigenvalue weighted by Gasteiger charge is -2.06. The van der Waals surface area contributed by atoms with Gasteiger partial charge in [-0.25, -0.2) is 4.39 Å². The summed E-state index contributed by atoms with van der Waals surface area (Å²) in [5.74, 6) is 3.25. The van der Waals surface area contributed by atoms with E-state index in [-0.39, 0.29) is 16.4 Å². The molecule has 0 unspecified atom stereocenters. The van der Waals surface area contributed by atoms with Gasteiger partial charge in [-0.1, -0.05) is 9.59 Å². The van der Waals surface area contributed by atoms with Crippen LogP contribution in [0.1, 0.15) is 10.4 Å². The van der Waals surface area contributed by atoms with Crippen molar-refractivity contribution in [2.45, 2.75) is 0 Å². The van der Waals surface area contributed by atoms with Crippen LogP contribution in [0.5, 0.6) is 0 Å². The predicted molar refractivity (Wildman–Crippen MR) is 66.5 cm³/mol. The van der Waals surface area contributed by atoms with Gasteiger partial charge in [0, 0.05) is 11.5 Å². The smallest absolute Gasteiger partial charge is 0.285 e. The number of nitrogens with one attached hydrogen (secondary N) is 2. The second kappa shape index (κ2) is 5.50. The number of carbonyl (C=O) groups excluding carboxylic acids is 1. The maximum atomic E-state index is 13.4. The molecule has 0 aliphatic heterocycles. The average molecular weight is 299 g/mol. The first-order valence-electron chi connectivity index (χ1n) is 4.94. The Morgan fingerprint density at radius 1 is 1.50 bits per heavy atom. The number of anilines is 2. The van der Waals surface area contributed by atoms with Gasteiger partial charge in [-0.05, 0) is 11.3 Å². The zero-order chi connectivity index (χ0) is 14.7. The topological polar surface area (TPSA) is 149 Å². The molecule has 4 N–H and O–H groups in total. The molecule has 1 aromatic carbocycles. The number of hydrogen-bond acceptors (Lipinski definition) is 9. The maximum absolute atomic E-state index is 13.4. The van der Waals surface area contributed by atoms with E-state index < -0.39 is 22.3 Å². The monoisotopic (exact) mass is 299 g/mol. The molecule has 0 saturated heterocycles. The van der Waals surface area contributed by atoms with Gasteiger partial charge in [-0.3, -0.25) is 26.1 Å². The fraction of sp³-hybridized carbons (Fsp3) is 0. The Kier molecular flexibility index (Phi) is 3.76. The van der Waals surface area contributed by atoms with Crippen LogP contribution in [0, 0.1) is 15.9 Å². The largest absolute Gasteiger partial charge is 0.321 e. The minimum Gasteiger partial charge on any atom is -0.321 e. The summed E-state index contributed by atoms with van der Waals surface area (Å²) in [5, 5.41) is 19.9. The van der Waals surface area contributed by atoms with Crippen LogP contribution in [-0.2, 0) is 0 Å². The summed E-state index contributed by atoms with van der Waals surface area (Å²) in [6.45, 7) is 0. The van der Waals surface area contributed by atoms with Crippen LogP contribution < -0.4 is 16.6 Å². The van der Waals surface area contributed by atoms with Crippen molar-refractivity contribution in [1.29, 1.82) is 0 Å². The number of rotatable bonds is 4. The molecule has 20 heavy (non-hydrogen) atoms. The van der Waals surface area contributed by atoms with E-state index in [1.165, 1.54) is 0 Å². The highest BCUT2D eigenvalue weighted by Gasteiger charge is 2.24. The summed E-state index contributed by atoms with van der Waals surface area (Å²) in [6, 6.07) is 1.53. The number of nitrogens with two attached hydrogens (primary N) is 1. The van der Waals surface area contributed by atoms with Crippen LogP contribution in [-0.4, -0.2) is 25.6 Å². The highest BCUT2D eigenvalue weighted by molar-refractivity contribution is 7.09. The Morgan fingerprint density at radius 2 is 2.25 bits per heavy atom. The Balaban J connectivity index is 2.42. The number of aromatic nitrogens is 3. The molecular weight excluding hydrogens is 293 g/mol. The number of carbonyl (C=O) groups is 1. The van der Waals surface area contributed by atoms with Gasteiger partial charge in [0.15, 0.2) is 5.82 Å². The number of hydrogen-bond donors (Lipinski definition) is 3. The zero-order valence-electron chi connectivity index (χ0n) is 9.53. The van der Waals surface area contributed by atoms with Gasteiger partial charge < -0.3 is 5.43 Å². The van der Waals surface area contributed by atoms with Crippen molar-refractivity contribution < 1.29 is 14.1 Å². The standard InChI is InChI=1S/C8H6FN7O3S/c9-4-2-6(16(18)19)3(1-5(4)12-10)7(17)11-8-13-14-15-20-8/h1-2,12H,10H2,(H,11,13,15,17). The Morgan fingerprint density at radius 3 is 2.80 bits per heavy atom. The van der Waals surface area contributed by atoms with Gasteiger partial charge in [0.1, 0.15) is 5.56 Å². The molecule has 0 atom stereocenters. The minimum atomic E-state index is -0.951. The van der Waals surface area contributed by atoms with Gasteiger partial charge in [0.05, 0.1) is 16.7 Å². The van der Waals surface area contributed by atoms with E-state index in [1.54, 1.807) is 0 Å². The molecule has 1 amide bonds. The van der Waals surface area contributed by atoms with E-state index in [9.17, 15) is 19.3 Å². The highest BCUT2D eigenvalue weighted by Crippen LogP contribution is 2.26. The van der Waals surface area contributed by atoms with Gasteiger partial charge >= 0.3 is 0 Å². The third kappa shape index (κ3) is 2.65. The fourth-order valence-corrected chi connectivity index (χ4v) is 1.71. The summed E-state index contributed by atoms with van der Waals surface area (Å²) in [4.78, 5) is 21.9. The van der Waals surface area contributed by atoms with Crippen LogP contribution in [0.4, 0.5) is 20.9 Å². The lowest BCUT2D eigenvalue weighted by Crippen LogP contribution is -2.16. The molecule has 10 nitrogen and oxygen atoms in total. The van der Waals surface area contributed by atoms with E-state index in [0.717, 1.165) is 17.6 Å². The number of nitrogen functional groups attached to an aromatic ring is 1. The summed E-state index contributed by atoms with van der Waals surface area (Å²) in [5.41, 5.74) is 0.674. The second-order valence-electron chi connectivity index (χ2n) is 3.37. The number of nitro benzene ring substituents is 1. The SMILES string of the molecule is NNc1cc(C(=O)Nc2nnns2)c([N+](=O)[O-])cc1F. The van der Waals surface area contributed by atoms with Gasteiger partial charge in [0.25, 0.3) is 11.6 Å². The Labute approximate surface area is 114 Å². The quantitative estimate of drug-likeness (QED) is 0.420. The maximum Gasteiger partial charge on any atom is 0.285 e. The van der Waals surface area contributed by atoms with Crippen molar-refractivity contribution in [1.82, 2.24) is 14.8 Å². The molecule has 0 aliphatic carbocycles. The van der Waals surface area contributed by atoms with E-state index in [1.807, 2.05) is 5.43 Å². The number of hydrazine groups is 1.